The lowest BCUT2D eigenvalue weighted by molar-refractivity contribution is -0.156. The van der Waals surface area contributed by atoms with Crippen LogP contribution in [0.3, 0.4) is 0 Å². The van der Waals surface area contributed by atoms with Crippen molar-refractivity contribution in [2.75, 3.05) is 6.61 Å². The minimum Gasteiger partial charge on any atom is -0.482 e. The Labute approximate surface area is 137 Å². The largest absolute Gasteiger partial charge is 0.482 e. The van der Waals surface area contributed by atoms with Gasteiger partial charge in [-0.1, -0.05) is 26.0 Å². The standard InChI is InChI=1S/C18H25NO4/c1-11(2)15-8-5-12(3)9-16(15)22-10-17(20)23-13(4)18(21)19-14-6-7-14/h5,8-9,11,13-14H,6-7,10H2,1-4H3,(H,19,21)/t13-/m1/s1. The van der Waals surface area contributed by atoms with Gasteiger partial charge in [0, 0.05) is 6.04 Å². The summed E-state index contributed by atoms with van der Waals surface area (Å²) in [5, 5.41) is 2.81. The van der Waals surface area contributed by atoms with Crippen molar-refractivity contribution in [3.8, 4) is 5.75 Å². The number of ether oxygens (including phenoxy) is 2. The Bertz CT molecular complexity index is 578. The number of carbonyl (C=O) groups excluding carboxylic acids is 2. The van der Waals surface area contributed by atoms with Crippen LogP contribution in [0, 0.1) is 6.92 Å². The van der Waals surface area contributed by atoms with E-state index >= 15 is 0 Å². The zero-order valence-electron chi connectivity index (χ0n) is 14.2. The number of hydrogen-bond donors (Lipinski definition) is 1. The molecule has 0 bridgehead atoms. The molecule has 1 saturated carbocycles. The summed E-state index contributed by atoms with van der Waals surface area (Å²) in [7, 11) is 0. The number of amides is 1. The van der Waals surface area contributed by atoms with E-state index in [1.165, 1.54) is 0 Å². The van der Waals surface area contributed by atoms with Crippen molar-refractivity contribution in [2.24, 2.45) is 0 Å². The predicted molar refractivity (Wildman–Crippen MR) is 87.5 cm³/mol. The summed E-state index contributed by atoms with van der Waals surface area (Å²) in [6, 6.07) is 6.18. The maximum Gasteiger partial charge on any atom is 0.344 e. The molecular formula is C18H25NO4. The lowest BCUT2D eigenvalue weighted by atomic mass is 10.0. The fourth-order valence-electron chi connectivity index (χ4n) is 2.21. The van der Waals surface area contributed by atoms with Gasteiger partial charge in [-0.2, -0.15) is 0 Å². The second kappa shape index (κ2) is 7.49. The topological polar surface area (TPSA) is 64.6 Å². The average Bonchev–Trinajstić information content (AvgIpc) is 3.28. The third-order valence-corrected chi connectivity index (χ3v) is 3.74. The molecule has 1 aliphatic rings. The fourth-order valence-corrected chi connectivity index (χ4v) is 2.21. The molecule has 2 rings (SSSR count). The van der Waals surface area contributed by atoms with Gasteiger partial charge in [-0.3, -0.25) is 4.79 Å². The zero-order chi connectivity index (χ0) is 17.0. The Hall–Kier alpha value is -2.04. The third-order valence-electron chi connectivity index (χ3n) is 3.74. The highest BCUT2D eigenvalue weighted by molar-refractivity contribution is 5.84. The molecule has 0 unspecified atom stereocenters. The van der Waals surface area contributed by atoms with Crippen molar-refractivity contribution in [1.82, 2.24) is 5.32 Å². The van der Waals surface area contributed by atoms with Gasteiger partial charge in [0.25, 0.3) is 5.91 Å². The first-order chi connectivity index (χ1) is 10.9. The van der Waals surface area contributed by atoms with Crippen LogP contribution in [-0.4, -0.2) is 30.6 Å². The molecule has 5 heteroatoms. The molecule has 1 aliphatic carbocycles. The Kier molecular flexibility index (Phi) is 5.64. The van der Waals surface area contributed by atoms with Gasteiger partial charge in [0.1, 0.15) is 5.75 Å². The van der Waals surface area contributed by atoms with Crippen molar-refractivity contribution in [1.29, 1.82) is 0 Å². The first-order valence-corrected chi connectivity index (χ1v) is 8.10. The molecule has 126 valence electrons. The Morgan fingerprint density at radius 2 is 1.96 bits per heavy atom. The molecule has 1 aromatic rings. The minimum absolute atomic E-state index is 0.204. The lowest BCUT2D eigenvalue weighted by Crippen LogP contribution is -2.37. The van der Waals surface area contributed by atoms with Gasteiger partial charge in [-0.05, 0) is 49.8 Å². The Morgan fingerprint density at radius 1 is 1.26 bits per heavy atom. The Balaban J connectivity index is 1.86. The van der Waals surface area contributed by atoms with Gasteiger partial charge in [0.15, 0.2) is 12.7 Å². The first kappa shape index (κ1) is 17.3. The van der Waals surface area contributed by atoms with E-state index in [1.807, 2.05) is 25.1 Å². The molecule has 0 saturated heterocycles. The van der Waals surface area contributed by atoms with E-state index in [-0.39, 0.29) is 18.6 Å². The fraction of sp³-hybridized carbons (Fsp3) is 0.556. The summed E-state index contributed by atoms with van der Waals surface area (Å²) >= 11 is 0. The molecule has 23 heavy (non-hydrogen) atoms. The summed E-state index contributed by atoms with van der Waals surface area (Å²) < 4.78 is 10.7. The van der Waals surface area contributed by atoms with Gasteiger partial charge in [0.05, 0.1) is 0 Å². The van der Waals surface area contributed by atoms with E-state index in [4.69, 9.17) is 9.47 Å². The van der Waals surface area contributed by atoms with Crippen LogP contribution in [0.25, 0.3) is 0 Å². The van der Waals surface area contributed by atoms with E-state index in [1.54, 1.807) is 6.92 Å². The van der Waals surface area contributed by atoms with Crippen molar-refractivity contribution in [3.63, 3.8) is 0 Å². The number of hydrogen-bond acceptors (Lipinski definition) is 4. The van der Waals surface area contributed by atoms with Crippen molar-refractivity contribution in [2.45, 2.75) is 58.6 Å². The molecule has 1 fully saturated rings. The molecule has 1 amide bonds. The van der Waals surface area contributed by atoms with Crippen LogP contribution >= 0.6 is 0 Å². The Morgan fingerprint density at radius 3 is 2.57 bits per heavy atom. The highest BCUT2D eigenvalue weighted by atomic mass is 16.6. The molecule has 5 nitrogen and oxygen atoms in total. The van der Waals surface area contributed by atoms with Crippen LogP contribution in [0.15, 0.2) is 18.2 Å². The number of rotatable bonds is 7. The number of nitrogens with one attached hydrogen (secondary N) is 1. The van der Waals surface area contributed by atoms with Crippen LogP contribution in [0.4, 0.5) is 0 Å². The van der Waals surface area contributed by atoms with E-state index < -0.39 is 12.1 Å². The van der Waals surface area contributed by atoms with Gasteiger partial charge < -0.3 is 14.8 Å². The average molecular weight is 319 g/mol. The van der Waals surface area contributed by atoms with Crippen LogP contribution in [0.2, 0.25) is 0 Å². The minimum atomic E-state index is -0.797. The van der Waals surface area contributed by atoms with E-state index in [0.717, 1.165) is 24.0 Å². The van der Waals surface area contributed by atoms with Gasteiger partial charge in [0.2, 0.25) is 0 Å². The smallest absolute Gasteiger partial charge is 0.344 e. The second-order valence-corrected chi connectivity index (χ2v) is 6.40. The van der Waals surface area contributed by atoms with Crippen LogP contribution < -0.4 is 10.1 Å². The maximum absolute atomic E-state index is 11.9. The number of benzene rings is 1. The second-order valence-electron chi connectivity index (χ2n) is 6.40. The molecule has 0 aromatic heterocycles. The molecule has 0 heterocycles. The normalized spacial score (nSPS) is 15.2. The molecule has 1 atom stereocenters. The molecule has 0 radical (unpaired) electrons. The van der Waals surface area contributed by atoms with Gasteiger partial charge in [-0.15, -0.1) is 0 Å². The predicted octanol–water partition coefficient (Wildman–Crippen LogP) is 2.71. The molecular weight excluding hydrogens is 294 g/mol. The van der Waals surface area contributed by atoms with Crippen LogP contribution in [0.5, 0.6) is 5.75 Å². The molecule has 0 spiro atoms. The number of esters is 1. The van der Waals surface area contributed by atoms with Crippen LogP contribution in [0.1, 0.15) is 50.7 Å². The van der Waals surface area contributed by atoms with Crippen molar-refractivity contribution < 1.29 is 19.1 Å². The van der Waals surface area contributed by atoms with E-state index in [2.05, 4.69) is 19.2 Å². The summed E-state index contributed by atoms with van der Waals surface area (Å²) in [5.74, 6) is 0.191. The molecule has 1 aromatic carbocycles. The monoisotopic (exact) mass is 319 g/mol. The molecule has 1 N–H and O–H groups in total. The number of carbonyl (C=O) groups is 2. The number of aryl methyl sites for hydroxylation is 1. The summed E-state index contributed by atoms with van der Waals surface area (Å²) in [4.78, 5) is 23.6. The van der Waals surface area contributed by atoms with Crippen LogP contribution in [-0.2, 0) is 14.3 Å². The lowest BCUT2D eigenvalue weighted by Gasteiger charge is -2.16. The zero-order valence-corrected chi connectivity index (χ0v) is 14.2. The first-order valence-electron chi connectivity index (χ1n) is 8.10. The highest BCUT2D eigenvalue weighted by Gasteiger charge is 2.27. The van der Waals surface area contributed by atoms with Crippen molar-refractivity contribution in [3.05, 3.63) is 29.3 Å². The van der Waals surface area contributed by atoms with E-state index in [0.29, 0.717) is 11.7 Å². The summed E-state index contributed by atoms with van der Waals surface area (Å²) in [6.45, 7) is 7.48. The maximum atomic E-state index is 11.9. The highest BCUT2D eigenvalue weighted by Crippen LogP contribution is 2.27. The SMILES string of the molecule is Cc1ccc(C(C)C)c(OCC(=O)O[C@H](C)C(=O)NC2CC2)c1. The summed E-state index contributed by atoms with van der Waals surface area (Å²) in [5.41, 5.74) is 2.11. The van der Waals surface area contributed by atoms with Gasteiger partial charge in [-0.25, -0.2) is 4.79 Å². The quantitative estimate of drug-likeness (QED) is 0.785. The molecule has 0 aliphatic heterocycles. The van der Waals surface area contributed by atoms with Crippen molar-refractivity contribution >= 4 is 11.9 Å². The van der Waals surface area contributed by atoms with Gasteiger partial charge >= 0.3 is 5.97 Å². The summed E-state index contributed by atoms with van der Waals surface area (Å²) in [6.07, 6.45) is 1.20. The van der Waals surface area contributed by atoms with E-state index in [9.17, 15) is 9.59 Å². The third kappa shape index (κ3) is 5.27.